The van der Waals surface area contributed by atoms with E-state index in [1.807, 2.05) is 29.6 Å². The number of benzene rings is 1. The highest BCUT2D eigenvalue weighted by molar-refractivity contribution is 7.10. The summed E-state index contributed by atoms with van der Waals surface area (Å²) in [6, 6.07) is 7.38. The lowest BCUT2D eigenvalue weighted by molar-refractivity contribution is -0.115. The lowest BCUT2D eigenvalue weighted by Crippen LogP contribution is -2.03. The van der Waals surface area contributed by atoms with Crippen molar-refractivity contribution < 1.29 is 14.6 Å². The second kappa shape index (κ2) is 4.68. The maximum Gasteiger partial charge on any atom is 0.228 e. The molecule has 0 radical (unpaired) electrons. The molecule has 4 nitrogen and oxygen atoms in total. The second-order valence-corrected chi connectivity index (χ2v) is 5.38. The van der Waals surface area contributed by atoms with Gasteiger partial charge in [0.2, 0.25) is 5.91 Å². The van der Waals surface area contributed by atoms with Gasteiger partial charge in [0, 0.05) is 15.9 Å². The van der Waals surface area contributed by atoms with Crippen LogP contribution in [0.25, 0.3) is 0 Å². The first-order chi connectivity index (χ1) is 9.17. The van der Waals surface area contributed by atoms with Gasteiger partial charge in [0.1, 0.15) is 11.9 Å². The van der Waals surface area contributed by atoms with E-state index in [2.05, 4.69) is 5.32 Å². The Balaban J connectivity index is 1.90. The van der Waals surface area contributed by atoms with Crippen molar-refractivity contribution in [1.29, 1.82) is 0 Å². The molecule has 1 aliphatic heterocycles. The van der Waals surface area contributed by atoms with Crippen LogP contribution >= 0.6 is 11.3 Å². The van der Waals surface area contributed by atoms with Crippen LogP contribution in [0.1, 0.15) is 22.1 Å². The smallest absolute Gasteiger partial charge is 0.228 e. The highest BCUT2D eigenvalue weighted by atomic mass is 32.1. The van der Waals surface area contributed by atoms with E-state index >= 15 is 0 Å². The average molecular weight is 275 g/mol. The van der Waals surface area contributed by atoms with Crippen LogP contribution in [0.3, 0.4) is 0 Å². The number of ether oxygens (including phenoxy) is 1. The Morgan fingerprint density at radius 2 is 2.26 bits per heavy atom. The summed E-state index contributed by atoms with van der Waals surface area (Å²) >= 11 is 1.45. The monoisotopic (exact) mass is 275 g/mol. The fourth-order valence-corrected chi connectivity index (χ4v) is 3.03. The second-order valence-electron chi connectivity index (χ2n) is 4.43. The van der Waals surface area contributed by atoms with Gasteiger partial charge in [-0.3, -0.25) is 4.79 Å². The van der Waals surface area contributed by atoms with Crippen molar-refractivity contribution in [1.82, 2.24) is 0 Å². The van der Waals surface area contributed by atoms with Gasteiger partial charge in [-0.1, -0.05) is 12.1 Å². The Hall–Kier alpha value is -1.85. The van der Waals surface area contributed by atoms with E-state index in [0.29, 0.717) is 6.42 Å². The summed E-state index contributed by atoms with van der Waals surface area (Å²) in [5.41, 5.74) is 2.56. The minimum atomic E-state index is -0.685. The van der Waals surface area contributed by atoms with Crippen molar-refractivity contribution in [2.45, 2.75) is 12.5 Å². The molecule has 1 unspecified atom stereocenters. The molecule has 19 heavy (non-hydrogen) atoms. The molecule has 1 aromatic heterocycles. The first-order valence-electron chi connectivity index (χ1n) is 5.90. The number of hydrogen-bond donors (Lipinski definition) is 2. The number of aliphatic hydroxyl groups is 1. The molecule has 2 heterocycles. The lowest BCUT2D eigenvalue weighted by Gasteiger charge is -2.10. The SMILES string of the molecule is COc1csc(C(O)c2ccc3c(c2)CC(=O)N3)c1. The van der Waals surface area contributed by atoms with Crippen LogP contribution in [0.4, 0.5) is 5.69 Å². The van der Waals surface area contributed by atoms with Crippen LogP contribution in [0, 0.1) is 0 Å². The zero-order valence-corrected chi connectivity index (χ0v) is 11.2. The number of carbonyl (C=O) groups excluding carboxylic acids is 1. The maximum atomic E-state index is 11.3. The molecule has 1 aliphatic rings. The lowest BCUT2D eigenvalue weighted by atomic mass is 10.0. The number of fused-ring (bicyclic) bond motifs is 1. The molecular formula is C14H13NO3S. The van der Waals surface area contributed by atoms with E-state index in [1.54, 1.807) is 7.11 Å². The van der Waals surface area contributed by atoms with Gasteiger partial charge in [-0.15, -0.1) is 11.3 Å². The first-order valence-corrected chi connectivity index (χ1v) is 6.78. The van der Waals surface area contributed by atoms with E-state index in [9.17, 15) is 9.90 Å². The molecule has 0 fully saturated rings. The molecule has 0 saturated heterocycles. The molecule has 5 heteroatoms. The number of amides is 1. The van der Waals surface area contributed by atoms with Crippen LogP contribution in [-0.2, 0) is 11.2 Å². The Bertz CT molecular complexity index is 635. The van der Waals surface area contributed by atoms with Gasteiger partial charge < -0.3 is 15.2 Å². The molecular weight excluding hydrogens is 262 g/mol. The first kappa shape index (κ1) is 12.2. The third-order valence-electron chi connectivity index (χ3n) is 3.17. The molecule has 98 valence electrons. The fraction of sp³-hybridized carbons (Fsp3) is 0.214. The highest BCUT2D eigenvalue weighted by Gasteiger charge is 2.20. The van der Waals surface area contributed by atoms with Crippen molar-refractivity contribution in [3.05, 3.63) is 45.6 Å². The fourth-order valence-electron chi connectivity index (χ4n) is 2.17. The molecule has 0 spiro atoms. The van der Waals surface area contributed by atoms with Gasteiger partial charge in [-0.25, -0.2) is 0 Å². The summed E-state index contributed by atoms with van der Waals surface area (Å²) in [5.74, 6) is 0.747. The van der Waals surface area contributed by atoms with E-state index in [0.717, 1.165) is 27.4 Å². The van der Waals surface area contributed by atoms with Gasteiger partial charge in [0.15, 0.2) is 0 Å². The highest BCUT2D eigenvalue weighted by Crippen LogP contribution is 2.33. The predicted molar refractivity (Wildman–Crippen MR) is 73.7 cm³/mol. The summed E-state index contributed by atoms with van der Waals surface area (Å²) in [6.07, 6.45) is -0.307. The molecule has 0 aliphatic carbocycles. The number of anilines is 1. The summed E-state index contributed by atoms with van der Waals surface area (Å²) < 4.78 is 5.11. The number of rotatable bonds is 3. The number of hydrogen-bond acceptors (Lipinski definition) is 4. The van der Waals surface area contributed by atoms with Crippen LogP contribution < -0.4 is 10.1 Å². The van der Waals surface area contributed by atoms with Gasteiger partial charge in [0.25, 0.3) is 0 Å². The third-order valence-corrected chi connectivity index (χ3v) is 4.13. The van der Waals surface area contributed by atoms with Crippen LogP contribution in [0.2, 0.25) is 0 Å². The van der Waals surface area contributed by atoms with Gasteiger partial charge in [-0.2, -0.15) is 0 Å². The third kappa shape index (κ3) is 2.22. The van der Waals surface area contributed by atoms with Gasteiger partial charge in [-0.05, 0) is 23.3 Å². The number of carbonyl (C=O) groups is 1. The van der Waals surface area contributed by atoms with Crippen LogP contribution in [0.5, 0.6) is 5.75 Å². The minimum absolute atomic E-state index is 0.000525. The van der Waals surface area contributed by atoms with Crippen molar-refractivity contribution in [2.75, 3.05) is 12.4 Å². The molecule has 0 saturated carbocycles. The zero-order chi connectivity index (χ0) is 13.4. The van der Waals surface area contributed by atoms with E-state index in [-0.39, 0.29) is 5.91 Å². The molecule has 3 rings (SSSR count). The van der Waals surface area contributed by atoms with E-state index in [1.165, 1.54) is 11.3 Å². The zero-order valence-electron chi connectivity index (χ0n) is 10.3. The summed E-state index contributed by atoms with van der Waals surface area (Å²) in [4.78, 5) is 12.1. The normalized spacial score (nSPS) is 14.9. The maximum absolute atomic E-state index is 11.3. The van der Waals surface area contributed by atoms with Gasteiger partial charge in [0.05, 0.1) is 13.5 Å². The molecule has 2 aromatic rings. The molecule has 1 amide bonds. The minimum Gasteiger partial charge on any atom is -0.496 e. The average Bonchev–Trinajstić information content (AvgIpc) is 3.01. The van der Waals surface area contributed by atoms with Gasteiger partial charge >= 0.3 is 0 Å². The van der Waals surface area contributed by atoms with Crippen molar-refractivity contribution >= 4 is 22.9 Å². The Labute approximate surface area is 114 Å². The number of aliphatic hydroxyl groups excluding tert-OH is 1. The summed E-state index contributed by atoms with van der Waals surface area (Å²) in [5, 5.41) is 15.0. The quantitative estimate of drug-likeness (QED) is 0.904. The number of nitrogens with one attached hydrogen (secondary N) is 1. The molecule has 0 bridgehead atoms. The van der Waals surface area contributed by atoms with Crippen molar-refractivity contribution in [3.63, 3.8) is 0 Å². The van der Waals surface area contributed by atoms with E-state index in [4.69, 9.17) is 4.74 Å². The summed E-state index contributed by atoms with van der Waals surface area (Å²) in [7, 11) is 1.60. The Kier molecular flexibility index (Phi) is 3.00. The Morgan fingerprint density at radius 3 is 3.00 bits per heavy atom. The Morgan fingerprint density at radius 1 is 1.42 bits per heavy atom. The van der Waals surface area contributed by atoms with E-state index < -0.39 is 6.10 Å². The van der Waals surface area contributed by atoms with Crippen molar-refractivity contribution in [2.24, 2.45) is 0 Å². The molecule has 1 atom stereocenters. The number of thiophene rings is 1. The topological polar surface area (TPSA) is 58.6 Å². The summed E-state index contributed by atoms with van der Waals surface area (Å²) in [6.45, 7) is 0. The van der Waals surface area contributed by atoms with Crippen LogP contribution in [0.15, 0.2) is 29.6 Å². The molecule has 2 N–H and O–H groups in total. The number of methoxy groups -OCH3 is 1. The van der Waals surface area contributed by atoms with Crippen LogP contribution in [-0.4, -0.2) is 18.1 Å². The predicted octanol–water partition coefficient (Wildman–Crippen LogP) is 2.33. The molecule has 1 aromatic carbocycles. The van der Waals surface area contributed by atoms with Crippen molar-refractivity contribution in [3.8, 4) is 5.75 Å². The standard InChI is InChI=1S/C14H13NO3S/c1-18-10-6-12(19-7-10)14(17)8-2-3-11-9(4-8)5-13(16)15-11/h2-4,6-7,14,17H,5H2,1H3,(H,15,16). The largest absolute Gasteiger partial charge is 0.496 e.